The van der Waals surface area contributed by atoms with Crippen LogP contribution in [0.15, 0.2) is 59.1 Å². The normalized spacial score (nSPS) is 10.4. The molecule has 0 fully saturated rings. The second-order valence-corrected chi connectivity index (χ2v) is 4.54. The van der Waals surface area contributed by atoms with Gasteiger partial charge in [-0.05, 0) is 24.3 Å². The van der Waals surface area contributed by atoms with Crippen molar-refractivity contribution in [1.82, 2.24) is 15.5 Å². The van der Waals surface area contributed by atoms with Crippen LogP contribution < -0.4 is 5.32 Å². The van der Waals surface area contributed by atoms with Crippen LogP contribution in [0, 0.1) is 5.82 Å². The van der Waals surface area contributed by atoms with Crippen LogP contribution in [0.2, 0.25) is 0 Å². The Morgan fingerprint density at radius 3 is 2.59 bits per heavy atom. The van der Waals surface area contributed by atoms with Crippen LogP contribution in [-0.4, -0.2) is 16.0 Å². The van der Waals surface area contributed by atoms with E-state index in [1.54, 1.807) is 6.07 Å². The van der Waals surface area contributed by atoms with Crippen LogP contribution in [0.3, 0.4) is 0 Å². The number of halogens is 1. The summed E-state index contributed by atoms with van der Waals surface area (Å²) in [5.41, 5.74) is 0.774. The van der Waals surface area contributed by atoms with Crippen molar-refractivity contribution in [1.29, 1.82) is 0 Å². The lowest BCUT2D eigenvalue weighted by Gasteiger charge is -2.03. The fourth-order valence-electron chi connectivity index (χ4n) is 1.92. The Kier molecular flexibility index (Phi) is 3.91. The van der Waals surface area contributed by atoms with E-state index in [0.29, 0.717) is 11.7 Å². The highest BCUT2D eigenvalue weighted by atomic mass is 19.1. The highest BCUT2D eigenvalue weighted by molar-refractivity contribution is 5.94. The number of nitrogens with zero attached hydrogens (tertiary/aromatic N) is 2. The van der Waals surface area contributed by atoms with Crippen molar-refractivity contribution in [3.05, 3.63) is 71.8 Å². The number of nitrogens with one attached hydrogen (secondary N) is 1. The molecular formula is C16H12FN3O2. The maximum atomic E-state index is 13.5. The van der Waals surface area contributed by atoms with Crippen molar-refractivity contribution in [2.24, 2.45) is 0 Å². The van der Waals surface area contributed by atoms with Gasteiger partial charge in [0.25, 0.3) is 11.8 Å². The first-order chi connectivity index (χ1) is 10.7. The summed E-state index contributed by atoms with van der Waals surface area (Å²) in [6.07, 6.45) is 0. The van der Waals surface area contributed by atoms with Gasteiger partial charge in [0.15, 0.2) is 5.82 Å². The summed E-state index contributed by atoms with van der Waals surface area (Å²) in [7, 11) is 0. The number of carbonyl (C=O) groups is 1. The van der Waals surface area contributed by atoms with E-state index < -0.39 is 11.7 Å². The molecule has 0 saturated heterocycles. The molecule has 3 aromatic rings. The quantitative estimate of drug-likeness (QED) is 0.804. The third-order valence-electron chi connectivity index (χ3n) is 3.01. The molecule has 110 valence electrons. The Bertz CT molecular complexity index is 787. The van der Waals surface area contributed by atoms with Gasteiger partial charge in [0.1, 0.15) is 5.82 Å². The minimum Gasteiger partial charge on any atom is -0.345 e. The lowest BCUT2D eigenvalue weighted by molar-refractivity contribution is 0.0945. The van der Waals surface area contributed by atoms with Gasteiger partial charge in [-0.15, -0.1) is 0 Å². The van der Waals surface area contributed by atoms with Crippen LogP contribution in [-0.2, 0) is 6.54 Å². The minimum absolute atomic E-state index is 0.0192. The van der Waals surface area contributed by atoms with E-state index >= 15 is 0 Å². The van der Waals surface area contributed by atoms with Gasteiger partial charge in [-0.25, -0.2) is 4.39 Å². The minimum atomic E-state index is -0.571. The average molecular weight is 297 g/mol. The van der Waals surface area contributed by atoms with E-state index in [0.717, 1.165) is 5.56 Å². The highest BCUT2D eigenvalue weighted by Gasteiger charge is 2.13. The molecule has 1 heterocycles. The molecule has 6 heteroatoms. The summed E-state index contributed by atoms with van der Waals surface area (Å²) in [5, 5.41) is 6.34. The Hall–Kier alpha value is -3.02. The van der Waals surface area contributed by atoms with Crippen molar-refractivity contribution in [3.63, 3.8) is 0 Å². The van der Waals surface area contributed by atoms with Gasteiger partial charge in [-0.1, -0.05) is 35.5 Å². The van der Waals surface area contributed by atoms with Crippen LogP contribution in [0.4, 0.5) is 4.39 Å². The highest BCUT2D eigenvalue weighted by Crippen LogP contribution is 2.16. The fraction of sp³-hybridized carbons (Fsp3) is 0.0625. The van der Waals surface area contributed by atoms with Crippen molar-refractivity contribution < 1.29 is 13.7 Å². The molecule has 0 saturated carbocycles. The smallest absolute Gasteiger partial charge is 0.257 e. The summed E-state index contributed by atoms with van der Waals surface area (Å²) in [6, 6.07) is 15.1. The van der Waals surface area contributed by atoms with Crippen molar-refractivity contribution in [3.8, 4) is 11.5 Å². The predicted octanol–water partition coefficient (Wildman–Crippen LogP) is 2.81. The standard InChI is InChI=1S/C16H12FN3O2/c17-13-9-5-4-8-12(13)15(21)18-10-14-19-16(22-20-14)11-6-2-1-3-7-11/h1-9H,10H2,(H,18,21). The molecule has 2 aromatic carbocycles. The largest absolute Gasteiger partial charge is 0.345 e. The first-order valence-corrected chi connectivity index (χ1v) is 6.65. The SMILES string of the molecule is O=C(NCc1noc(-c2ccccc2)n1)c1ccccc1F. The van der Waals surface area contributed by atoms with E-state index in [9.17, 15) is 9.18 Å². The molecule has 0 aliphatic rings. The van der Waals surface area contributed by atoms with Crippen LogP contribution >= 0.6 is 0 Å². The molecule has 3 rings (SSSR count). The van der Waals surface area contributed by atoms with E-state index in [1.165, 1.54) is 18.2 Å². The number of carbonyl (C=O) groups excluding carboxylic acids is 1. The van der Waals surface area contributed by atoms with Crippen LogP contribution in [0.25, 0.3) is 11.5 Å². The maximum Gasteiger partial charge on any atom is 0.257 e. The van der Waals surface area contributed by atoms with Crippen molar-refractivity contribution in [2.45, 2.75) is 6.54 Å². The zero-order valence-corrected chi connectivity index (χ0v) is 11.5. The molecular weight excluding hydrogens is 285 g/mol. The summed E-state index contributed by atoms with van der Waals surface area (Å²) >= 11 is 0. The molecule has 5 nitrogen and oxygen atoms in total. The van der Waals surface area contributed by atoms with Crippen LogP contribution in [0.5, 0.6) is 0 Å². The van der Waals surface area contributed by atoms with Crippen molar-refractivity contribution in [2.75, 3.05) is 0 Å². The van der Waals surface area contributed by atoms with Gasteiger partial charge in [-0.3, -0.25) is 4.79 Å². The topological polar surface area (TPSA) is 68.0 Å². The van der Waals surface area contributed by atoms with Gasteiger partial charge < -0.3 is 9.84 Å². The molecule has 1 N–H and O–H groups in total. The van der Waals surface area contributed by atoms with Gasteiger partial charge in [0.2, 0.25) is 0 Å². The first-order valence-electron chi connectivity index (χ1n) is 6.65. The van der Waals surface area contributed by atoms with Gasteiger partial charge in [-0.2, -0.15) is 4.98 Å². The molecule has 0 bridgehead atoms. The molecule has 0 atom stereocenters. The zero-order valence-electron chi connectivity index (χ0n) is 11.5. The van der Waals surface area contributed by atoms with E-state index in [4.69, 9.17) is 4.52 Å². The summed E-state index contributed by atoms with van der Waals surface area (Å²) in [4.78, 5) is 16.1. The lowest BCUT2D eigenvalue weighted by atomic mass is 10.2. The molecule has 0 unspecified atom stereocenters. The zero-order chi connectivity index (χ0) is 15.4. The van der Waals surface area contributed by atoms with Crippen molar-refractivity contribution >= 4 is 5.91 Å². The summed E-state index contributed by atoms with van der Waals surface area (Å²) < 4.78 is 18.6. The van der Waals surface area contributed by atoms with E-state index in [2.05, 4.69) is 15.5 Å². The van der Waals surface area contributed by atoms with E-state index in [-0.39, 0.29) is 12.1 Å². The molecule has 0 aliphatic heterocycles. The maximum absolute atomic E-state index is 13.5. The molecule has 22 heavy (non-hydrogen) atoms. The number of amides is 1. The molecule has 0 aliphatic carbocycles. The fourth-order valence-corrected chi connectivity index (χ4v) is 1.92. The second kappa shape index (κ2) is 6.17. The third-order valence-corrected chi connectivity index (χ3v) is 3.01. The molecule has 0 spiro atoms. The van der Waals surface area contributed by atoms with Gasteiger partial charge in [0, 0.05) is 5.56 Å². The molecule has 1 aromatic heterocycles. The van der Waals surface area contributed by atoms with Gasteiger partial charge >= 0.3 is 0 Å². The monoisotopic (exact) mass is 297 g/mol. The molecule has 1 amide bonds. The number of aromatic nitrogens is 2. The summed E-state index contributed by atoms with van der Waals surface area (Å²) in [6.45, 7) is 0.0590. The summed E-state index contributed by atoms with van der Waals surface area (Å²) in [5.74, 6) is -0.401. The number of rotatable bonds is 4. The Morgan fingerprint density at radius 1 is 1.09 bits per heavy atom. The number of hydrogen-bond acceptors (Lipinski definition) is 4. The number of hydrogen-bond donors (Lipinski definition) is 1. The predicted molar refractivity (Wildman–Crippen MR) is 77.3 cm³/mol. The first kappa shape index (κ1) is 13.9. The molecule has 0 radical (unpaired) electrons. The Morgan fingerprint density at radius 2 is 1.82 bits per heavy atom. The van der Waals surface area contributed by atoms with E-state index in [1.807, 2.05) is 30.3 Å². The Balaban J connectivity index is 1.67. The number of benzene rings is 2. The second-order valence-electron chi connectivity index (χ2n) is 4.54. The lowest BCUT2D eigenvalue weighted by Crippen LogP contribution is -2.24. The Labute approximate surface area is 125 Å². The average Bonchev–Trinajstić information content (AvgIpc) is 3.03. The third kappa shape index (κ3) is 3.01. The van der Waals surface area contributed by atoms with Gasteiger partial charge in [0.05, 0.1) is 12.1 Å². The van der Waals surface area contributed by atoms with Crippen LogP contribution in [0.1, 0.15) is 16.2 Å².